The summed E-state index contributed by atoms with van der Waals surface area (Å²) in [5.41, 5.74) is 0.467. The number of nitrogens with zero attached hydrogens (tertiary/aromatic N) is 4. The highest BCUT2D eigenvalue weighted by atomic mass is 19.4. The van der Waals surface area contributed by atoms with Crippen LogP contribution in [0.4, 0.5) is 19.0 Å². The second-order valence-electron chi connectivity index (χ2n) is 6.99. The summed E-state index contributed by atoms with van der Waals surface area (Å²) in [6.45, 7) is 5.83. The van der Waals surface area contributed by atoms with Crippen LogP contribution in [-0.4, -0.2) is 66.6 Å². The number of aliphatic hydroxyl groups is 1. The molecule has 31 heavy (non-hydrogen) atoms. The maximum atomic E-state index is 12.3. The summed E-state index contributed by atoms with van der Waals surface area (Å²) in [5, 5.41) is 13.7. The number of piperazine rings is 1. The summed E-state index contributed by atoms with van der Waals surface area (Å²) in [6.07, 6.45) is -3.91. The molecule has 168 valence electrons. The minimum atomic E-state index is -4.74. The number of hydrogen-bond donors (Lipinski definition) is 2. The molecule has 1 aromatic heterocycles. The van der Waals surface area contributed by atoms with E-state index in [1.54, 1.807) is 6.20 Å². The predicted molar refractivity (Wildman–Crippen MR) is 112 cm³/mol. The maximum absolute atomic E-state index is 12.3. The van der Waals surface area contributed by atoms with Crippen molar-refractivity contribution >= 4 is 11.8 Å². The van der Waals surface area contributed by atoms with Gasteiger partial charge in [0.25, 0.3) is 0 Å². The Morgan fingerprint density at radius 1 is 1.16 bits per heavy atom. The predicted octanol–water partition coefficient (Wildman–Crippen LogP) is 2.80. The van der Waals surface area contributed by atoms with E-state index in [4.69, 9.17) is 0 Å². The van der Waals surface area contributed by atoms with Gasteiger partial charge in [-0.2, -0.15) is 0 Å². The lowest BCUT2D eigenvalue weighted by Gasteiger charge is -2.37. The number of ether oxygens (including phenoxy) is 1. The number of guanidine groups is 1. The molecular weight excluding hydrogens is 411 g/mol. The normalized spacial score (nSPS) is 16.2. The molecule has 3 rings (SSSR count). The van der Waals surface area contributed by atoms with Crippen molar-refractivity contribution in [1.29, 1.82) is 0 Å². The van der Waals surface area contributed by atoms with Gasteiger partial charge in [0.15, 0.2) is 5.96 Å². The third-order valence-corrected chi connectivity index (χ3v) is 4.80. The molecule has 1 unspecified atom stereocenters. The van der Waals surface area contributed by atoms with E-state index in [1.807, 2.05) is 25.1 Å². The lowest BCUT2D eigenvalue weighted by Crippen LogP contribution is -2.52. The first-order valence-corrected chi connectivity index (χ1v) is 10.1. The molecule has 1 saturated heterocycles. The van der Waals surface area contributed by atoms with Crippen molar-refractivity contribution in [3.63, 3.8) is 0 Å². The van der Waals surface area contributed by atoms with Gasteiger partial charge < -0.3 is 25.0 Å². The van der Waals surface area contributed by atoms with Crippen LogP contribution in [0.5, 0.6) is 5.75 Å². The summed E-state index contributed by atoms with van der Waals surface area (Å²) >= 11 is 0. The Kier molecular flexibility index (Phi) is 7.56. The van der Waals surface area contributed by atoms with E-state index in [2.05, 4.69) is 29.8 Å². The number of aliphatic hydroxyl groups excluding tert-OH is 1. The van der Waals surface area contributed by atoms with Crippen LogP contribution in [0.25, 0.3) is 0 Å². The van der Waals surface area contributed by atoms with Gasteiger partial charge in [-0.15, -0.1) is 13.2 Å². The second-order valence-corrected chi connectivity index (χ2v) is 6.99. The number of aliphatic imine (C=N–C) groups is 1. The highest BCUT2D eigenvalue weighted by molar-refractivity contribution is 5.80. The third-order valence-electron chi connectivity index (χ3n) is 4.80. The zero-order chi connectivity index (χ0) is 22.3. The van der Waals surface area contributed by atoms with Gasteiger partial charge in [0.1, 0.15) is 11.6 Å². The van der Waals surface area contributed by atoms with Crippen molar-refractivity contribution in [2.45, 2.75) is 19.4 Å². The number of benzene rings is 1. The smallest absolute Gasteiger partial charge is 0.406 e. The first-order chi connectivity index (χ1) is 14.9. The first-order valence-electron chi connectivity index (χ1n) is 10.1. The average Bonchev–Trinajstić information content (AvgIpc) is 2.76. The van der Waals surface area contributed by atoms with Gasteiger partial charge in [-0.25, -0.2) is 4.98 Å². The van der Waals surface area contributed by atoms with Gasteiger partial charge in [0.05, 0.1) is 12.6 Å². The number of halogens is 3. The van der Waals surface area contributed by atoms with E-state index >= 15 is 0 Å². The quantitative estimate of drug-likeness (QED) is 0.535. The number of aromatic nitrogens is 1. The molecular formula is C21H26F3N5O2. The van der Waals surface area contributed by atoms with E-state index in [0.29, 0.717) is 18.1 Å². The van der Waals surface area contributed by atoms with Crippen LogP contribution in [0.3, 0.4) is 0 Å². The Labute approximate surface area is 179 Å². The molecule has 2 aromatic rings. The Balaban J connectivity index is 1.58. The molecule has 2 N–H and O–H groups in total. The molecule has 1 aliphatic heterocycles. The van der Waals surface area contributed by atoms with Crippen molar-refractivity contribution in [2.75, 3.05) is 44.2 Å². The van der Waals surface area contributed by atoms with E-state index in [1.165, 1.54) is 24.3 Å². The lowest BCUT2D eigenvalue weighted by atomic mass is 10.1. The zero-order valence-corrected chi connectivity index (χ0v) is 17.2. The number of nitrogens with one attached hydrogen (secondary N) is 1. The highest BCUT2D eigenvalue weighted by Crippen LogP contribution is 2.24. The van der Waals surface area contributed by atoms with E-state index in [0.717, 1.165) is 32.0 Å². The summed E-state index contributed by atoms with van der Waals surface area (Å²) in [4.78, 5) is 13.2. The van der Waals surface area contributed by atoms with Crippen LogP contribution in [-0.2, 0) is 0 Å². The van der Waals surface area contributed by atoms with E-state index in [9.17, 15) is 18.3 Å². The van der Waals surface area contributed by atoms with Crippen LogP contribution in [0, 0.1) is 0 Å². The van der Waals surface area contributed by atoms with Crippen LogP contribution in [0.15, 0.2) is 53.7 Å². The minimum Gasteiger partial charge on any atom is -0.406 e. The molecule has 0 aliphatic carbocycles. The van der Waals surface area contributed by atoms with Gasteiger partial charge in [-0.1, -0.05) is 18.2 Å². The van der Waals surface area contributed by atoms with E-state index in [-0.39, 0.29) is 12.3 Å². The summed E-state index contributed by atoms with van der Waals surface area (Å²) in [7, 11) is 0. The number of hydrogen-bond acceptors (Lipinski definition) is 5. The third kappa shape index (κ3) is 6.74. The molecule has 0 saturated carbocycles. The van der Waals surface area contributed by atoms with Crippen molar-refractivity contribution in [2.24, 2.45) is 4.99 Å². The van der Waals surface area contributed by atoms with Gasteiger partial charge >= 0.3 is 6.36 Å². The Bertz CT molecular complexity index is 838. The van der Waals surface area contributed by atoms with Crippen molar-refractivity contribution in [3.8, 4) is 5.75 Å². The fraction of sp³-hybridized carbons (Fsp3) is 0.429. The van der Waals surface area contributed by atoms with Gasteiger partial charge in [0.2, 0.25) is 0 Å². The van der Waals surface area contributed by atoms with Crippen LogP contribution >= 0.6 is 0 Å². The topological polar surface area (TPSA) is 73.2 Å². The molecule has 1 fully saturated rings. The van der Waals surface area contributed by atoms with Crippen molar-refractivity contribution in [3.05, 3.63) is 54.2 Å². The average molecular weight is 437 g/mol. The minimum absolute atomic E-state index is 0.0856. The fourth-order valence-corrected chi connectivity index (χ4v) is 3.28. The molecule has 0 spiro atoms. The van der Waals surface area contributed by atoms with Gasteiger partial charge in [-0.3, -0.25) is 4.99 Å². The first kappa shape index (κ1) is 22.7. The molecule has 7 nitrogen and oxygen atoms in total. The van der Waals surface area contributed by atoms with Crippen LogP contribution in [0.2, 0.25) is 0 Å². The van der Waals surface area contributed by atoms with Gasteiger partial charge in [-0.05, 0) is 36.8 Å². The monoisotopic (exact) mass is 437 g/mol. The van der Waals surface area contributed by atoms with Crippen molar-refractivity contribution < 1.29 is 23.0 Å². The molecule has 0 amide bonds. The van der Waals surface area contributed by atoms with Crippen LogP contribution in [0.1, 0.15) is 18.6 Å². The number of anilines is 1. The molecule has 0 radical (unpaired) electrons. The molecule has 1 aromatic carbocycles. The largest absolute Gasteiger partial charge is 0.573 e. The Morgan fingerprint density at radius 3 is 2.45 bits per heavy atom. The SMILES string of the molecule is CCNC(=NCC(O)c1ccc(OC(F)(F)F)cc1)N1CCN(c2ccccn2)CC1. The summed E-state index contributed by atoms with van der Waals surface area (Å²) in [5.74, 6) is 1.31. The maximum Gasteiger partial charge on any atom is 0.573 e. The number of pyridine rings is 1. The standard InChI is InChI=1S/C21H26F3N5O2/c1-2-25-20(29-13-11-28(12-14-29)19-5-3-4-10-26-19)27-15-18(30)16-6-8-17(9-7-16)31-21(22,23)24/h3-10,18,30H,2,11-15H2,1H3,(H,25,27). The molecule has 1 aliphatic rings. The molecule has 10 heteroatoms. The number of alkyl halides is 3. The van der Waals surface area contributed by atoms with E-state index < -0.39 is 12.5 Å². The molecule has 2 heterocycles. The zero-order valence-electron chi connectivity index (χ0n) is 17.2. The molecule has 0 bridgehead atoms. The fourth-order valence-electron chi connectivity index (χ4n) is 3.28. The van der Waals surface area contributed by atoms with Crippen LogP contribution < -0.4 is 15.0 Å². The summed E-state index contributed by atoms with van der Waals surface area (Å²) < 4.78 is 40.7. The Hall–Kier alpha value is -3.01. The highest BCUT2D eigenvalue weighted by Gasteiger charge is 2.31. The van der Waals surface area contributed by atoms with Gasteiger partial charge in [0, 0.05) is 38.9 Å². The second kappa shape index (κ2) is 10.3. The number of rotatable bonds is 6. The Morgan fingerprint density at radius 2 is 1.87 bits per heavy atom. The van der Waals surface area contributed by atoms with Crippen molar-refractivity contribution in [1.82, 2.24) is 15.2 Å². The lowest BCUT2D eigenvalue weighted by molar-refractivity contribution is -0.274. The summed E-state index contributed by atoms with van der Waals surface area (Å²) in [6, 6.07) is 11.0. The molecule has 1 atom stereocenters.